The largest absolute Gasteiger partial charge is 0.497 e. The van der Waals surface area contributed by atoms with E-state index in [-0.39, 0.29) is 30.5 Å². The van der Waals surface area contributed by atoms with Crippen LogP contribution in [0.15, 0.2) is 54.6 Å². The molecule has 1 saturated carbocycles. The van der Waals surface area contributed by atoms with E-state index in [2.05, 4.69) is 10.6 Å². The molecule has 3 amide bonds. The van der Waals surface area contributed by atoms with Gasteiger partial charge in [0.25, 0.3) is 0 Å². The zero-order chi connectivity index (χ0) is 27.2. The Balaban J connectivity index is 1.35. The maximum Gasteiger partial charge on any atom is 0.242 e. The lowest BCUT2D eigenvalue weighted by molar-refractivity contribution is -0.137. The van der Waals surface area contributed by atoms with Crippen molar-refractivity contribution in [2.45, 2.75) is 44.7 Å². The van der Waals surface area contributed by atoms with Crippen LogP contribution in [0, 0.1) is 23.5 Å². The second-order valence-electron chi connectivity index (χ2n) is 10.0. The van der Waals surface area contributed by atoms with Crippen molar-refractivity contribution >= 4 is 17.7 Å². The Morgan fingerprint density at radius 1 is 1.11 bits per heavy atom. The normalized spacial score (nSPS) is 20.0. The number of carbonyl (C=O) groups excluding carboxylic acids is 3. The average molecular weight is 526 g/mol. The highest BCUT2D eigenvalue weighted by atomic mass is 19.1. The van der Waals surface area contributed by atoms with Gasteiger partial charge in [0.2, 0.25) is 17.7 Å². The fourth-order valence-corrected chi connectivity index (χ4v) is 4.63. The monoisotopic (exact) mass is 525 g/mol. The van der Waals surface area contributed by atoms with Crippen LogP contribution in [0.3, 0.4) is 0 Å². The van der Waals surface area contributed by atoms with E-state index in [9.17, 15) is 23.2 Å². The van der Waals surface area contributed by atoms with Crippen LogP contribution in [0.1, 0.15) is 43.4 Å². The van der Waals surface area contributed by atoms with Crippen LogP contribution in [-0.2, 0) is 20.8 Å². The second kappa shape index (κ2) is 12.2. The summed E-state index contributed by atoms with van der Waals surface area (Å²) in [7, 11) is 1.61. The Labute approximate surface area is 221 Å². The molecule has 3 atom stereocenters. The lowest BCUT2D eigenvalue weighted by Crippen LogP contribution is -2.48. The molecular formula is C29H33F2N3O4. The van der Waals surface area contributed by atoms with Gasteiger partial charge in [0, 0.05) is 19.2 Å². The first-order valence-corrected chi connectivity index (χ1v) is 12.9. The Morgan fingerprint density at radius 3 is 2.42 bits per heavy atom. The molecule has 1 aliphatic carbocycles. The molecule has 0 spiro atoms. The summed E-state index contributed by atoms with van der Waals surface area (Å²) in [6.07, 6.45) is 6.45. The van der Waals surface area contributed by atoms with E-state index in [1.807, 2.05) is 41.3 Å². The minimum absolute atomic E-state index is 0.0205. The van der Waals surface area contributed by atoms with Crippen LogP contribution in [0.4, 0.5) is 8.78 Å². The zero-order valence-electron chi connectivity index (χ0n) is 21.6. The maximum absolute atomic E-state index is 13.6. The highest BCUT2D eigenvalue weighted by Gasteiger charge is 2.35. The average Bonchev–Trinajstić information content (AvgIpc) is 3.71. The van der Waals surface area contributed by atoms with E-state index in [4.69, 9.17) is 4.74 Å². The summed E-state index contributed by atoms with van der Waals surface area (Å²) in [6.45, 7) is 2.32. The van der Waals surface area contributed by atoms with Gasteiger partial charge >= 0.3 is 0 Å². The van der Waals surface area contributed by atoms with Gasteiger partial charge in [-0.25, -0.2) is 8.78 Å². The minimum Gasteiger partial charge on any atom is -0.497 e. The van der Waals surface area contributed by atoms with Gasteiger partial charge in [-0.15, -0.1) is 0 Å². The molecule has 2 aromatic carbocycles. The number of allylic oxidation sites excluding steroid dienone is 1. The van der Waals surface area contributed by atoms with Gasteiger partial charge in [-0.2, -0.15) is 0 Å². The van der Waals surface area contributed by atoms with Crippen molar-refractivity contribution in [3.8, 4) is 5.75 Å². The fourth-order valence-electron chi connectivity index (χ4n) is 4.63. The number of benzene rings is 2. The van der Waals surface area contributed by atoms with E-state index in [0.717, 1.165) is 42.4 Å². The highest BCUT2D eigenvalue weighted by molar-refractivity contribution is 5.88. The molecule has 202 valence electrons. The third-order valence-electron chi connectivity index (χ3n) is 6.90. The van der Waals surface area contributed by atoms with E-state index in [0.29, 0.717) is 18.9 Å². The van der Waals surface area contributed by atoms with Crippen LogP contribution in [0.5, 0.6) is 5.75 Å². The van der Waals surface area contributed by atoms with Crippen molar-refractivity contribution in [3.05, 3.63) is 77.4 Å². The number of halogens is 2. The van der Waals surface area contributed by atoms with Gasteiger partial charge in [0.05, 0.1) is 25.5 Å². The summed E-state index contributed by atoms with van der Waals surface area (Å²) in [5.41, 5.74) is 1.17. The van der Waals surface area contributed by atoms with Crippen LogP contribution < -0.4 is 15.4 Å². The molecule has 1 aliphatic heterocycles. The van der Waals surface area contributed by atoms with E-state index >= 15 is 0 Å². The number of carbonyl (C=O) groups is 3. The number of amides is 3. The minimum atomic E-state index is -0.882. The first-order chi connectivity index (χ1) is 18.2. The first-order valence-electron chi connectivity index (χ1n) is 12.9. The second-order valence-corrected chi connectivity index (χ2v) is 10.0. The standard InChI is InChI=1S/C29H33F2N3O4/c1-18(33-27(35)14-20-12-23(30)15-24(31)13-20)28(36)32-16-22-4-3-5-26(21-8-10-25(38-2)11-9-21)34(29(22)37)17-19-6-7-19/h3,5,8-13,15,18-19,22,26H,4,6-7,14,16-17H2,1-2H3,(H,32,36)(H,33,35)/t18-,22-,26-/m0/s1. The molecule has 0 bridgehead atoms. The van der Waals surface area contributed by atoms with Crippen molar-refractivity contribution in [3.63, 3.8) is 0 Å². The molecule has 38 heavy (non-hydrogen) atoms. The van der Waals surface area contributed by atoms with Gasteiger partial charge in [-0.1, -0.05) is 24.3 Å². The molecule has 2 aromatic rings. The lowest BCUT2D eigenvalue weighted by Gasteiger charge is -2.32. The van der Waals surface area contributed by atoms with E-state index in [1.165, 1.54) is 6.92 Å². The van der Waals surface area contributed by atoms with Crippen molar-refractivity contribution in [1.82, 2.24) is 15.5 Å². The number of ether oxygens (including phenoxy) is 1. The number of hydrogen-bond acceptors (Lipinski definition) is 4. The van der Waals surface area contributed by atoms with Gasteiger partial charge in [0.15, 0.2) is 0 Å². The molecule has 0 aromatic heterocycles. The number of methoxy groups -OCH3 is 1. The number of nitrogens with one attached hydrogen (secondary N) is 2. The van der Waals surface area contributed by atoms with E-state index in [1.54, 1.807) is 7.11 Å². The Hall–Kier alpha value is -3.75. The summed E-state index contributed by atoms with van der Waals surface area (Å²) in [5, 5.41) is 5.33. The predicted molar refractivity (Wildman–Crippen MR) is 138 cm³/mol. The summed E-state index contributed by atoms with van der Waals surface area (Å²) in [4.78, 5) is 40.5. The molecule has 2 aliphatic rings. The first kappa shape index (κ1) is 27.3. The topological polar surface area (TPSA) is 87.7 Å². The molecule has 4 rings (SSSR count). The van der Waals surface area contributed by atoms with E-state index < -0.39 is 35.4 Å². The van der Waals surface area contributed by atoms with Crippen molar-refractivity contribution in [2.24, 2.45) is 11.8 Å². The summed E-state index contributed by atoms with van der Waals surface area (Å²) in [6, 6.07) is 9.49. The fraction of sp³-hybridized carbons (Fsp3) is 0.414. The van der Waals surface area contributed by atoms with Crippen LogP contribution in [0.2, 0.25) is 0 Å². The smallest absolute Gasteiger partial charge is 0.242 e. The Bertz CT molecular complexity index is 1180. The molecule has 2 N–H and O–H groups in total. The molecule has 1 fully saturated rings. The SMILES string of the molecule is COc1ccc([C@@H]2C=CC[C@@H](CNC(=O)[C@H](C)NC(=O)Cc3cc(F)cc(F)c3)C(=O)N2CC2CC2)cc1. The van der Waals surface area contributed by atoms with Crippen molar-refractivity contribution < 1.29 is 27.9 Å². The lowest BCUT2D eigenvalue weighted by atomic mass is 10.0. The number of hydrogen-bond donors (Lipinski definition) is 2. The highest BCUT2D eigenvalue weighted by Crippen LogP contribution is 2.36. The molecule has 1 heterocycles. The molecule has 0 saturated heterocycles. The number of rotatable bonds is 10. The van der Waals surface area contributed by atoms with Crippen LogP contribution in [-0.4, -0.2) is 48.9 Å². The Morgan fingerprint density at radius 2 is 1.79 bits per heavy atom. The molecule has 9 heteroatoms. The summed E-state index contributed by atoms with van der Waals surface area (Å²) in [5.74, 6) is -1.74. The molecule has 0 unspecified atom stereocenters. The maximum atomic E-state index is 13.6. The zero-order valence-corrected chi connectivity index (χ0v) is 21.6. The quantitative estimate of drug-likeness (QED) is 0.463. The summed E-state index contributed by atoms with van der Waals surface area (Å²) < 4.78 is 32.0. The number of nitrogens with zero attached hydrogens (tertiary/aromatic N) is 1. The van der Waals surface area contributed by atoms with Gasteiger partial charge in [0.1, 0.15) is 23.4 Å². The molecular weight excluding hydrogens is 492 g/mol. The Kier molecular flexibility index (Phi) is 8.76. The van der Waals surface area contributed by atoms with Crippen LogP contribution >= 0.6 is 0 Å². The molecule has 0 radical (unpaired) electrons. The third kappa shape index (κ3) is 7.18. The van der Waals surface area contributed by atoms with Crippen molar-refractivity contribution in [1.29, 1.82) is 0 Å². The van der Waals surface area contributed by atoms with Crippen LogP contribution in [0.25, 0.3) is 0 Å². The van der Waals surface area contributed by atoms with Gasteiger partial charge in [-0.3, -0.25) is 14.4 Å². The van der Waals surface area contributed by atoms with Gasteiger partial charge in [-0.05, 0) is 67.5 Å². The van der Waals surface area contributed by atoms with Crippen molar-refractivity contribution in [2.75, 3.05) is 20.2 Å². The molecule has 7 nitrogen and oxygen atoms in total. The third-order valence-corrected chi connectivity index (χ3v) is 6.90. The summed E-state index contributed by atoms with van der Waals surface area (Å²) >= 11 is 0. The predicted octanol–water partition coefficient (Wildman–Crippen LogP) is 3.69. The van der Waals surface area contributed by atoms with Gasteiger partial charge < -0.3 is 20.3 Å².